The lowest BCUT2D eigenvalue weighted by Gasteiger charge is -2.27. The zero-order valence-electron chi connectivity index (χ0n) is 10.7. The number of halogens is 1. The summed E-state index contributed by atoms with van der Waals surface area (Å²) in [6.07, 6.45) is 4.85. The molecular formula is C15H23Br. The fraction of sp³-hybridized carbons (Fsp3) is 0.600. The maximum atomic E-state index is 3.66. The summed E-state index contributed by atoms with van der Waals surface area (Å²) in [4.78, 5) is 0. The highest BCUT2D eigenvalue weighted by Gasteiger charge is 2.22. The Bertz CT molecular complexity index is 302. The normalized spacial score (nSPS) is 14.8. The molecule has 1 aromatic rings. The first-order valence-corrected chi connectivity index (χ1v) is 7.39. The van der Waals surface area contributed by atoms with Gasteiger partial charge >= 0.3 is 0 Å². The van der Waals surface area contributed by atoms with Crippen LogP contribution < -0.4 is 0 Å². The molecule has 1 aromatic carbocycles. The summed E-state index contributed by atoms with van der Waals surface area (Å²) in [5, 5.41) is 1.09. The number of rotatable bonds is 6. The van der Waals surface area contributed by atoms with Gasteiger partial charge in [-0.25, -0.2) is 0 Å². The van der Waals surface area contributed by atoms with Crippen molar-refractivity contribution in [2.75, 3.05) is 5.33 Å². The molecule has 1 atom stereocenters. The molecule has 1 unspecified atom stereocenters. The average molecular weight is 283 g/mol. The molecule has 0 amide bonds. The van der Waals surface area contributed by atoms with E-state index in [2.05, 4.69) is 61.0 Å². The molecule has 1 heteroatoms. The SMILES string of the molecule is CCCC(C)(CBr)Cc1ccc(CC)cc1. The van der Waals surface area contributed by atoms with Gasteiger partial charge < -0.3 is 0 Å². The zero-order valence-corrected chi connectivity index (χ0v) is 12.3. The van der Waals surface area contributed by atoms with E-state index in [1.165, 1.54) is 30.4 Å². The van der Waals surface area contributed by atoms with Crippen LogP contribution in [0.25, 0.3) is 0 Å². The number of aryl methyl sites for hydroxylation is 1. The predicted molar refractivity (Wildman–Crippen MR) is 76.3 cm³/mol. The van der Waals surface area contributed by atoms with Gasteiger partial charge in [0, 0.05) is 5.33 Å². The Morgan fingerprint density at radius 1 is 1.06 bits per heavy atom. The molecule has 0 bridgehead atoms. The molecule has 0 heterocycles. The number of benzene rings is 1. The Balaban J connectivity index is 2.70. The highest BCUT2D eigenvalue weighted by atomic mass is 79.9. The van der Waals surface area contributed by atoms with Gasteiger partial charge in [0.05, 0.1) is 0 Å². The molecule has 0 nitrogen and oxygen atoms in total. The smallest absolute Gasteiger partial charge is 0.00885 e. The number of alkyl halides is 1. The average Bonchev–Trinajstić information content (AvgIpc) is 2.30. The fourth-order valence-corrected chi connectivity index (χ4v) is 2.67. The Morgan fingerprint density at radius 3 is 2.06 bits per heavy atom. The van der Waals surface area contributed by atoms with Crippen LogP contribution in [0.1, 0.15) is 44.7 Å². The van der Waals surface area contributed by atoms with Crippen LogP contribution in [0, 0.1) is 5.41 Å². The van der Waals surface area contributed by atoms with Gasteiger partial charge in [0.2, 0.25) is 0 Å². The van der Waals surface area contributed by atoms with Crippen LogP contribution in [-0.2, 0) is 12.8 Å². The molecule has 16 heavy (non-hydrogen) atoms. The van der Waals surface area contributed by atoms with Crippen molar-refractivity contribution in [2.24, 2.45) is 5.41 Å². The van der Waals surface area contributed by atoms with E-state index in [0.29, 0.717) is 5.41 Å². The minimum atomic E-state index is 0.405. The summed E-state index contributed by atoms with van der Waals surface area (Å²) < 4.78 is 0. The highest BCUT2D eigenvalue weighted by Crippen LogP contribution is 2.30. The summed E-state index contributed by atoms with van der Waals surface area (Å²) in [7, 11) is 0. The summed E-state index contributed by atoms with van der Waals surface area (Å²) >= 11 is 3.66. The standard InChI is InChI=1S/C15H23Br/c1-4-10-15(3,12-16)11-14-8-6-13(5-2)7-9-14/h6-9H,4-5,10-12H2,1-3H3. The third-order valence-corrected chi connectivity index (χ3v) is 4.59. The Labute approximate surface area is 109 Å². The van der Waals surface area contributed by atoms with Crippen LogP contribution in [0.4, 0.5) is 0 Å². The second-order valence-electron chi connectivity index (χ2n) is 5.04. The molecule has 0 aromatic heterocycles. The summed E-state index contributed by atoms with van der Waals surface area (Å²) in [6.45, 7) is 6.84. The Hall–Kier alpha value is -0.300. The molecule has 1 rings (SSSR count). The lowest BCUT2D eigenvalue weighted by atomic mass is 9.81. The minimum absolute atomic E-state index is 0.405. The van der Waals surface area contributed by atoms with E-state index in [1.54, 1.807) is 0 Å². The van der Waals surface area contributed by atoms with Crippen molar-refractivity contribution in [1.82, 2.24) is 0 Å². The third kappa shape index (κ3) is 3.93. The second-order valence-corrected chi connectivity index (χ2v) is 5.60. The van der Waals surface area contributed by atoms with Crippen molar-refractivity contribution < 1.29 is 0 Å². The fourth-order valence-electron chi connectivity index (χ4n) is 2.19. The van der Waals surface area contributed by atoms with E-state index in [-0.39, 0.29) is 0 Å². The van der Waals surface area contributed by atoms with Crippen LogP contribution in [0.3, 0.4) is 0 Å². The molecule has 0 aliphatic heterocycles. The van der Waals surface area contributed by atoms with Gasteiger partial charge in [0.15, 0.2) is 0 Å². The van der Waals surface area contributed by atoms with E-state index >= 15 is 0 Å². The lowest BCUT2D eigenvalue weighted by molar-refractivity contribution is 0.340. The Morgan fingerprint density at radius 2 is 1.62 bits per heavy atom. The van der Waals surface area contributed by atoms with Crippen LogP contribution >= 0.6 is 15.9 Å². The first-order valence-electron chi connectivity index (χ1n) is 6.27. The van der Waals surface area contributed by atoms with Crippen molar-refractivity contribution in [3.05, 3.63) is 35.4 Å². The lowest BCUT2D eigenvalue weighted by Crippen LogP contribution is -2.21. The molecule has 0 fully saturated rings. The monoisotopic (exact) mass is 282 g/mol. The minimum Gasteiger partial charge on any atom is -0.0922 e. The van der Waals surface area contributed by atoms with Gasteiger partial charge in [-0.1, -0.05) is 67.4 Å². The van der Waals surface area contributed by atoms with E-state index in [4.69, 9.17) is 0 Å². The van der Waals surface area contributed by atoms with Crippen LogP contribution in [0.15, 0.2) is 24.3 Å². The van der Waals surface area contributed by atoms with E-state index in [1.807, 2.05) is 0 Å². The van der Waals surface area contributed by atoms with Crippen molar-refractivity contribution in [1.29, 1.82) is 0 Å². The third-order valence-electron chi connectivity index (χ3n) is 3.24. The summed E-state index contributed by atoms with van der Waals surface area (Å²) in [6, 6.07) is 9.09. The van der Waals surface area contributed by atoms with Crippen molar-refractivity contribution in [2.45, 2.75) is 46.5 Å². The predicted octanol–water partition coefficient (Wildman–Crippen LogP) is 4.99. The topological polar surface area (TPSA) is 0 Å². The first-order chi connectivity index (χ1) is 7.63. The molecule has 0 radical (unpaired) electrons. The van der Waals surface area contributed by atoms with Crippen molar-refractivity contribution >= 4 is 15.9 Å². The van der Waals surface area contributed by atoms with Crippen molar-refractivity contribution in [3.63, 3.8) is 0 Å². The second kappa shape index (κ2) is 6.44. The van der Waals surface area contributed by atoms with Gasteiger partial charge in [0.25, 0.3) is 0 Å². The van der Waals surface area contributed by atoms with E-state index in [9.17, 15) is 0 Å². The van der Waals surface area contributed by atoms with Gasteiger partial charge in [-0.3, -0.25) is 0 Å². The van der Waals surface area contributed by atoms with Gasteiger partial charge in [-0.15, -0.1) is 0 Å². The molecule has 90 valence electrons. The zero-order chi connectivity index (χ0) is 12.0. The van der Waals surface area contributed by atoms with E-state index < -0.39 is 0 Å². The number of hydrogen-bond donors (Lipinski definition) is 0. The quantitative estimate of drug-likeness (QED) is 0.645. The molecule has 0 aliphatic carbocycles. The molecule has 0 N–H and O–H groups in total. The molecule has 0 saturated heterocycles. The maximum absolute atomic E-state index is 3.66. The Kier molecular flexibility index (Phi) is 5.54. The van der Waals surface area contributed by atoms with Gasteiger partial charge in [0.1, 0.15) is 0 Å². The molecule has 0 aliphatic rings. The largest absolute Gasteiger partial charge is 0.0922 e. The molecule has 0 saturated carbocycles. The van der Waals surface area contributed by atoms with Gasteiger partial charge in [-0.2, -0.15) is 0 Å². The summed E-state index contributed by atoms with van der Waals surface area (Å²) in [5.41, 5.74) is 3.30. The molecule has 0 spiro atoms. The van der Waals surface area contributed by atoms with Crippen LogP contribution in [-0.4, -0.2) is 5.33 Å². The van der Waals surface area contributed by atoms with Crippen LogP contribution in [0.2, 0.25) is 0 Å². The number of hydrogen-bond acceptors (Lipinski definition) is 0. The van der Waals surface area contributed by atoms with Gasteiger partial charge in [-0.05, 0) is 35.8 Å². The van der Waals surface area contributed by atoms with Crippen LogP contribution in [0.5, 0.6) is 0 Å². The summed E-state index contributed by atoms with van der Waals surface area (Å²) in [5.74, 6) is 0. The van der Waals surface area contributed by atoms with Crippen molar-refractivity contribution in [3.8, 4) is 0 Å². The van der Waals surface area contributed by atoms with E-state index in [0.717, 1.165) is 11.8 Å². The highest BCUT2D eigenvalue weighted by molar-refractivity contribution is 9.09. The first kappa shape index (κ1) is 13.8. The molecular weight excluding hydrogens is 260 g/mol. The maximum Gasteiger partial charge on any atom is 0.00885 e.